The number of rotatable bonds is 2. The van der Waals surface area contributed by atoms with E-state index in [0.717, 1.165) is 24.2 Å². The van der Waals surface area contributed by atoms with Gasteiger partial charge in [-0.15, -0.1) is 0 Å². The van der Waals surface area contributed by atoms with Crippen LogP contribution in [-0.4, -0.2) is 29.1 Å². The number of phenolic OH excluding ortho intramolecular Hbond substituents is 1. The van der Waals surface area contributed by atoms with Gasteiger partial charge in [0.2, 0.25) is 0 Å². The van der Waals surface area contributed by atoms with Gasteiger partial charge in [-0.2, -0.15) is 0 Å². The van der Waals surface area contributed by atoms with Crippen LogP contribution in [0, 0.1) is 0 Å². The van der Waals surface area contributed by atoms with Crippen LogP contribution in [0.1, 0.15) is 50.7 Å². The smallest absolute Gasteiger partial charge is 0.312 e. The minimum absolute atomic E-state index is 0.210. The Labute approximate surface area is 125 Å². The molecule has 0 aromatic heterocycles. The van der Waals surface area contributed by atoms with Gasteiger partial charge in [0.25, 0.3) is 0 Å². The summed E-state index contributed by atoms with van der Waals surface area (Å²) in [7, 11) is 0. The molecule has 0 bridgehead atoms. The first-order chi connectivity index (χ1) is 9.97. The molecule has 1 aromatic carbocycles. The number of nitrogens with zero attached hydrogens (tertiary/aromatic N) is 1. The molecule has 0 saturated carbocycles. The SMILES string of the molecule is CC1(C)CC(=O)Oc2c1ccc(O)c2CN1CCCCC1. The molecule has 0 aliphatic carbocycles. The maximum absolute atomic E-state index is 11.9. The van der Waals surface area contributed by atoms with Gasteiger partial charge in [-0.05, 0) is 32.0 Å². The third kappa shape index (κ3) is 2.77. The molecule has 1 saturated heterocycles. The molecular weight excluding hydrogens is 266 g/mol. The summed E-state index contributed by atoms with van der Waals surface area (Å²) in [5, 5.41) is 10.2. The van der Waals surface area contributed by atoms with Gasteiger partial charge in [-0.25, -0.2) is 0 Å². The topological polar surface area (TPSA) is 49.8 Å². The van der Waals surface area contributed by atoms with E-state index in [-0.39, 0.29) is 17.1 Å². The van der Waals surface area contributed by atoms with E-state index in [2.05, 4.69) is 4.90 Å². The van der Waals surface area contributed by atoms with E-state index in [1.807, 2.05) is 19.9 Å². The number of hydrogen-bond donors (Lipinski definition) is 1. The van der Waals surface area contributed by atoms with Crippen molar-refractivity contribution in [2.75, 3.05) is 13.1 Å². The maximum Gasteiger partial charge on any atom is 0.312 e. The molecule has 0 amide bonds. The summed E-state index contributed by atoms with van der Waals surface area (Å²) in [6, 6.07) is 3.62. The molecule has 3 rings (SSSR count). The van der Waals surface area contributed by atoms with Crippen LogP contribution in [0.2, 0.25) is 0 Å². The molecular formula is C17H23NO3. The van der Waals surface area contributed by atoms with Crippen molar-refractivity contribution >= 4 is 5.97 Å². The zero-order valence-electron chi connectivity index (χ0n) is 12.8. The zero-order chi connectivity index (χ0) is 15.0. The van der Waals surface area contributed by atoms with Crippen LogP contribution in [0.25, 0.3) is 0 Å². The second kappa shape index (κ2) is 5.34. The third-order valence-corrected chi connectivity index (χ3v) is 4.60. The van der Waals surface area contributed by atoms with E-state index in [9.17, 15) is 9.90 Å². The summed E-state index contributed by atoms with van der Waals surface area (Å²) < 4.78 is 5.50. The zero-order valence-corrected chi connectivity index (χ0v) is 12.8. The summed E-state index contributed by atoms with van der Waals surface area (Å²) in [6.45, 7) is 6.83. The third-order valence-electron chi connectivity index (χ3n) is 4.60. The number of esters is 1. The van der Waals surface area contributed by atoms with Gasteiger partial charge in [0.05, 0.1) is 12.0 Å². The number of benzene rings is 1. The molecule has 1 fully saturated rings. The van der Waals surface area contributed by atoms with Crippen molar-refractivity contribution in [3.05, 3.63) is 23.3 Å². The summed E-state index contributed by atoms with van der Waals surface area (Å²) in [4.78, 5) is 14.2. The average Bonchev–Trinajstić information content (AvgIpc) is 2.42. The highest BCUT2D eigenvalue weighted by molar-refractivity contribution is 5.78. The number of hydrogen-bond acceptors (Lipinski definition) is 4. The molecule has 4 heteroatoms. The number of aromatic hydroxyl groups is 1. The van der Waals surface area contributed by atoms with Crippen LogP contribution in [-0.2, 0) is 16.8 Å². The summed E-state index contributed by atoms with van der Waals surface area (Å²) in [5.74, 6) is 0.602. The molecule has 0 radical (unpaired) electrons. The fraction of sp³-hybridized carbons (Fsp3) is 0.588. The Hall–Kier alpha value is -1.55. The van der Waals surface area contributed by atoms with Crippen molar-refractivity contribution in [3.63, 3.8) is 0 Å². The Morgan fingerprint density at radius 1 is 1.24 bits per heavy atom. The highest BCUT2D eigenvalue weighted by Gasteiger charge is 2.36. The van der Waals surface area contributed by atoms with Gasteiger partial charge in [0.15, 0.2) is 0 Å². The first-order valence-electron chi connectivity index (χ1n) is 7.76. The molecule has 1 N–H and O–H groups in total. The highest BCUT2D eigenvalue weighted by Crippen LogP contribution is 2.44. The minimum Gasteiger partial charge on any atom is -0.507 e. The van der Waals surface area contributed by atoms with E-state index >= 15 is 0 Å². The van der Waals surface area contributed by atoms with Crippen LogP contribution < -0.4 is 4.74 Å². The molecule has 0 atom stereocenters. The normalized spacial score (nSPS) is 21.7. The lowest BCUT2D eigenvalue weighted by Gasteiger charge is -2.34. The Balaban J connectivity index is 1.98. The van der Waals surface area contributed by atoms with Crippen molar-refractivity contribution in [2.45, 2.75) is 51.5 Å². The molecule has 1 aromatic rings. The minimum atomic E-state index is -0.241. The Morgan fingerprint density at radius 2 is 1.95 bits per heavy atom. The molecule has 2 heterocycles. The predicted molar refractivity (Wildman–Crippen MR) is 80.5 cm³/mol. The number of phenols is 1. The molecule has 2 aliphatic heterocycles. The van der Waals surface area contributed by atoms with Crippen molar-refractivity contribution in [2.24, 2.45) is 0 Å². The molecule has 114 valence electrons. The lowest BCUT2D eigenvalue weighted by Crippen LogP contribution is -2.33. The number of fused-ring (bicyclic) bond motifs is 1. The lowest BCUT2D eigenvalue weighted by molar-refractivity contribution is -0.137. The number of carbonyl (C=O) groups is 1. The Bertz CT molecular complexity index is 559. The lowest BCUT2D eigenvalue weighted by atomic mass is 9.78. The van der Waals surface area contributed by atoms with Crippen LogP contribution >= 0.6 is 0 Å². The molecule has 2 aliphatic rings. The fourth-order valence-corrected chi connectivity index (χ4v) is 3.37. The van der Waals surface area contributed by atoms with E-state index in [1.54, 1.807) is 6.07 Å². The Kier molecular flexibility index (Phi) is 3.66. The van der Waals surface area contributed by atoms with E-state index in [1.165, 1.54) is 19.3 Å². The van der Waals surface area contributed by atoms with Crippen LogP contribution in [0.4, 0.5) is 0 Å². The van der Waals surface area contributed by atoms with Gasteiger partial charge in [-0.1, -0.05) is 26.3 Å². The van der Waals surface area contributed by atoms with Crippen molar-refractivity contribution in [3.8, 4) is 11.5 Å². The standard InChI is InChI=1S/C17H23NO3/c1-17(2)10-15(20)21-16-12(14(19)7-6-13(16)17)11-18-8-4-3-5-9-18/h6-7,19H,3-5,8-11H2,1-2H3. The number of likely N-dealkylation sites (tertiary alicyclic amines) is 1. The molecule has 0 unspecified atom stereocenters. The highest BCUT2D eigenvalue weighted by atomic mass is 16.5. The number of piperidine rings is 1. The second-order valence-electron chi connectivity index (χ2n) is 6.81. The maximum atomic E-state index is 11.9. The molecule has 0 spiro atoms. The van der Waals surface area contributed by atoms with Crippen molar-refractivity contribution in [1.82, 2.24) is 4.90 Å². The van der Waals surface area contributed by atoms with Crippen molar-refractivity contribution < 1.29 is 14.6 Å². The van der Waals surface area contributed by atoms with Crippen molar-refractivity contribution in [1.29, 1.82) is 0 Å². The monoisotopic (exact) mass is 289 g/mol. The largest absolute Gasteiger partial charge is 0.507 e. The van der Waals surface area contributed by atoms with Gasteiger partial charge in [-0.3, -0.25) is 9.69 Å². The molecule has 21 heavy (non-hydrogen) atoms. The van der Waals surface area contributed by atoms with E-state index in [0.29, 0.717) is 18.7 Å². The molecule has 4 nitrogen and oxygen atoms in total. The first kappa shape index (κ1) is 14.4. The summed E-state index contributed by atoms with van der Waals surface area (Å²) in [5.41, 5.74) is 1.54. The van der Waals surface area contributed by atoms with Crippen LogP contribution in [0.15, 0.2) is 12.1 Å². The summed E-state index contributed by atoms with van der Waals surface area (Å²) >= 11 is 0. The number of ether oxygens (including phenoxy) is 1. The quantitative estimate of drug-likeness (QED) is 0.672. The number of carbonyl (C=O) groups excluding carboxylic acids is 1. The van der Waals surface area contributed by atoms with E-state index < -0.39 is 0 Å². The second-order valence-corrected chi connectivity index (χ2v) is 6.81. The van der Waals surface area contributed by atoms with E-state index in [4.69, 9.17) is 4.74 Å². The summed E-state index contributed by atoms with van der Waals surface area (Å²) in [6.07, 6.45) is 4.05. The van der Waals surface area contributed by atoms with Crippen LogP contribution in [0.5, 0.6) is 11.5 Å². The van der Waals surface area contributed by atoms with Gasteiger partial charge < -0.3 is 9.84 Å². The predicted octanol–water partition coefficient (Wildman–Crippen LogP) is 2.96. The fourth-order valence-electron chi connectivity index (χ4n) is 3.37. The van der Waals surface area contributed by atoms with Crippen LogP contribution in [0.3, 0.4) is 0 Å². The van der Waals surface area contributed by atoms with Gasteiger partial charge in [0, 0.05) is 17.5 Å². The average molecular weight is 289 g/mol. The van der Waals surface area contributed by atoms with Gasteiger partial charge >= 0.3 is 5.97 Å². The Morgan fingerprint density at radius 3 is 2.67 bits per heavy atom. The van der Waals surface area contributed by atoms with Gasteiger partial charge in [0.1, 0.15) is 11.5 Å². The first-order valence-corrected chi connectivity index (χ1v) is 7.76.